The zero-order chi connectivity index (χ0) is 13.0. The molecule has 0 radical (unpaired) electrons. The monoisotopic (exact) mass is 244 g/mol. The van der Waals surface area contributed by atoms with Crippen molar-refractivity contribution in [3.8, 4) is 17.0 Å². The Morgan fingerprint density at radius 3 is 2.89 bits per heavy atom. The zero-order valence-electron chi connectivity index (χ0n) is 9.75. The fourth-order valence-electron chi connectivity index (χ4n) is 1.49. The van der Waals surface area contributed by atoms with E-state index in [1.165, 1.54) is 6.33 Å². The first-order valence-electron chi connectivity index (χ1n) is 5.22. The van der Waals surface area contributed by atoms with E-state index >= 15 is 0 Å². The van der Waals surface area contributed by atoms with Crippen LogP contribution in [0.4, 0.5) is 10.6 Å². The molecule has 1 aromatic carbocycles. The zero-order valence-corrected chi connectivity index (χ0v) is 9.75. The Kier molecular flexibility index (Phi) is 3.38. The Morgan fingerprint density at radius 2 is 2.17 bits per heavy atom. The van der Waals surface area contributed by atoms with Gasteiger partial charge in [-0.05, 0) is 12.1 Å². The van der Waals surface area contributed by atoms with E-state index in [1.807, 2.05) is 24.3 Å². The van der Waals surface area contributed by atoms with Crippen LogP contribution < -0.4 is 15.8 Å². The highest BCUT2D eigenvalue weighted by Crippen LogP contribution is 2.22. The van der Waals surface area contributed by atoms with Crippen LogP contribution in [0.25, 0.3) is 11.3 Å². The van der Waals surface area contributed by atoms with Crippen molar-refractivity contribution in [2.75, 3.05) is 12.4 Å². The smallest absolute Gasteiger partial charge is 0.317 e. The number of hydrogen-bond acceptors (Lipinski definition) is 4. The van der Waals surface area contributed by atoms with Gasteiger partial charge in [-0.1, -0.05) is 12.1 Å². The lowest BCUT2D eigenvalue weighted by atomic mass is 10.1. The summed E-state index contributed by atoms with van der Waals surface area (Å²) < 4.78 is 5.14. The SMILES string of the molecule is COc1cccc(-c2cc(NC(N)=O)ncn2)c1. The van der Waals surface area contributed by atoms with Crippen LogP contribution in [0.3, 0.4) is 0 Å². The van der Waals surface area contributed by atoms with Crippen molar-refractivity contribution in [1.82, 2.24) is 9.97 Å². The summed E-state index contributed by atoms with van der Waals surface area (Å²) in [7, 11) is 1.60. The van der Waals surface area contributed by atoms with Crippen LogP contribution in [0.2, 0.25) is 0 Å². The van der Waals surface area contributed by atoms with E-state index in [-0.39, 0.29) is 0 Å². The first-order valence-corrected chi connectivity index (χ1v) is 5.22. The van der Waals surface area contributed by atoms with Crippen LogP contribution in [-0.4, -0.2) is 23.1 Å². The summed E-state index contributed by atoms with van der Waals surface area (Å²) in [6, 6.07) is 8.41. The number of hydrogen-bond donors (Lipinski definition) is 2. The fraction of sp³-hybridized carbons (Fsp3) is 0.0833. The van der Waals surface area contributed by atoms with Crippen molar-refractivity contribution in [1.29, 1.82) is 0 Å². The highest BCUT2D eigenvalue weighted by atomic mass is 16.5. The van der Waals surface area contributed by atoms with Crippen molar-refractivity contribution in [2.24, 2.45) is 5.73 Å². The minimum atomic E-state index is -0.662. The van der Waals surface area contributed by atoms with E-state index in [1.54, 1.807) is 13.2 Å². The molecular weight excluding hydrogens is 232 g/mol. The topological polar surface area (TPSA) is 90.1 Å². The number of nitrogens with two attached hydrogens (primary N) is 1. The van der Waals surface area contributed by atoms with E-state index in [4.69, 9.17) is 10.5 Å². The van der Waals surface area contributed by atoms with E-state index in [0.717, 1.165) is 11.3 Å². The molecule has 0 aliphatic carbocycles. The van der Waals surface area contributed by atoms with Crippen LogP contribution in [0.1, 0.15) is 0 Å². The maximum atomic E-state index is 10.7. The predicted octanol–water partition coefficient (Wildman–Crippen LogP) is 1.64. The summed E-state index contributed by atoms with van der Waals surface area (Å²) in [6.07, 6.45) is 1.36. The molecule has 6 nitrogen and oxygen atoms in total. The Morgan fingerprint density at radius 1 is 1.33 bits per heavy atom. The number of anilines is 1. The molecule has 0 saturated carbocycles. The highest BCUT2D eigenvalue weighted by Gasteiger charge is 2.04. The van der Waals surface area contributed by atoms with Gasteiger partial charge in [0.2, 0.25) is 0 Å². The van der Waals surface area contributed by atoms with Gasteiger partial charge in [0, 0.05) is 11.6 Å². The molecule has 2 amide bonds. The lowest BCUT2D eigenvalue weighted by Gasteiger charge is -2.05. The summed E-state index contributed by atoms with van der Waals surface area (Å²) >= 11 is 0. The Labute approximate surface area is 104 Å². The molecule has 0 saturated heterocycles. The number of methoxy groups -OCH3 is 1. The molecule has 18 heavy (non-hydrogen) atoms. The number of aromatic nitrogens is 2. The predicted molar refractivity (Wildman–Crippen MR) is 67.2 cm³/mol. The van der Waals surface area contributed by atoms with E-state index in [0.29, 0.717) is 11.5 Å². The van der Waals surface area contributed by atoms with Gasteiger partial charge in [0.15, 0.2) is 0 Å². The minimum Gasteiger partial charge on any atom is -0.497 e. The molecule has 1 aromatic heterocycles. The molecule has 3 N–H and O–H groups in total. The van der Waals surface area contributed by atoms with Crippen LogP contribution in [0.15, 0.2) is 36.7 Å². The number of nitrogens with zero attached hydrogens (tertiary/aromatic N) is 2. The van der Waals surface area contributed by atoms with E-state index in [2.05, 4.69) is 15.3 Å². The lowest BCUT2D eigenvalue weighted by Crippen LogP contribution is -2.20. The first kappa shape index (κ1) is 11.8. The van der Waals surface area contributed by atoms with Gasteiger partial charge in [-0.25, -0.2) is 14.8 Å². The molecule has 0 atom stereocenters. The number of rotatable bonds is 3. The van der Waals surface area contributed by atoms with Crippen LogP contribution in [0.5, 0.6) is 5.75 Å². The van der Waals surface area contributed by atoms with Crippen molar-refractivity contribution in [3.63, 3.8) is 0 Å². The molecule has 2 aromatic rings. The van der Waals surface area contributed by atoms with Gasteiger partial charge in [-0.2, -0.15) is 0 Å². The molecule has 0 bridgehead atoms. The van der Waals surface area contributed by atoms with Gasteiger partial charge in [-0.3, -0.25) is 5.32 Å². The van der Waals surface area contributed by atoms with Crippen molar-refractivity contribution < 1.29 is 9.53 Å². The van der Waals surface area contributed by atoms with Crippen molar-refractivity contribution in [3.05, 3.63) is 36.7 Å². The van der Waals surface area contributed by atoms with Gasteiger partial charge in [0.1, 0.15) is 17.9 Å². The number of benzene rings is 1. The fourth-order valence-corrected chi connectivity index (χ4v) is 1.49. The van der Waals surface area contributed by atoms with E-state index < -0.39 is 6.03 Å². The number of urea groups is 1. The lowest BCUT2D eigenvalue weighted by molar-refractivity contribution is 0.259. The second-order valence-corrected chi connectivity index (χ2v) is 3.51. The summed E-state index contributed by atoms with van der Waals surface area (Å²) in [6.45, 7) is 0. The number of nitrogens with one attached hydrogen (secondary N) is 1. The van der Waals surface area contributed by atoms with Gasteiger partial charge < -0.3 is 10.5 Å². The summed E-state index contributed by atoms with van der Waals surface area (Å²) in [4.78, 5) is 18.8. The molecule has 0 unspecified atom stereocenters. The summed E-state index contributed by atoms with van der Waals surface area (Å²) in [5.74, 6) is 1.09. The normalized spacial score (nSPS) is 9.83. The quantitative estimate of drug-likeness (QED) is 0.858. The van der Waals surface area contributed by atoms with Gasteiger partial charge in [0.25, 0.3) is 0 Å². The van der Waals surface area contributed by atoms with Crippen molar-refractivity contribution >= 4 is 11.8 Å². The maximum absolute atomic E-state index is 10.7. The first-order chi connectivity index (χ1) is 8.69. The van der Waals surface area contributed by atoms with E-state index in [9.17, 15) is 4.79 Å². The Balaban J connectivity index is 2.34. The maximum Gasteiger partial charge on any atom is 0.317 e. The standard InChI is InChI=1S/C12H12N4O2/c1-18-9-4-2-3-8(5-9)10-6-11(15-7-14-10)16-12(13)17/h2-7H,1H3,(H3,13,14,15,16,17). The third kappa shape index (κ3) is 2.73. The molecule has 1 heterocycles. The number of ether oxygens (including phenoxy) is 1. The number of amides is 2. The van der Waals surface area contributed by atoms with Crippen molar-refractivity contribution in [2.45, 2.75) is 0 Å². The third-order valence-corrected chi connectivity index (χ3v) is 2.28. The second kappa shape index (κ2) is 5.13. The molecule has 92 valence electrons. The van der Waals surface area contributed by atoms with Crippen LogP contribution >= 0.6 is 0 Å². The molecule has 0 spiro atoms. The Hall–Kier alpha value is -2.63. The molecule has 0 aliphatic heterocycles. The molecule has 0 aliphatic rings. The highest BCUT2D eigenvalue weighted by molar-refractivity contribution is 5.87. The average molecular weight is 244 g/mol. The minimum absolute atomic E-state index is 0.357. The van der Waals surface area contributed by atoms with Gasteiger partial charge in [0.05, 0.1) is 12.8 Å². The number of primary amides is 1. The third-order valence-electron chi connectivity index (χ3n) is 2.28. The Bertz CT molecular complexity index is 572. The molecule has 2 rings (SSSR count). The number of carbonyl (C=O) groups is 1. The van der Waals surface area contributed by atoms with Gasteiger partial charge >= 0.3 is 6.03 Å². The van der Waals surface area contributed by atoms with Crippen LogP contribution in [-0.2, 0) is 0 Å². The summed E-state index contributed by atoms with van der Waals surface area (Å²) in [5, 5.41) is 2.40. The molecule has 0 fully saturated rings. The average Bonchev–Trinajstić information content (AvgIpc) is 2.38. The summed E-state index contributed by atoms with van der Waals surface area (Å²) in [5.41, 5.74) is 6.57. The molecular formula is C12H12N4O2. The largest absolute Gasteiger partial charge is 0.497 e. The second-order valence-electron chi connectivity index (χ2n) is 3.51. The van der Waals surface area contributed by atoms with Gasteiger partial charge in [-0.15, -0.1) is 0 Å². The van der Waals surface area contributed by atoms with Crippen LogP contribution in [0, 0.1) is 0 Å². The number of carbonyl (C=O) groups excluding carboxylic acids is 1. The molecule has 6 heteroatoms.